The number of oxazole rings is 1. The van der Waals surface area contributed by atoms with Crippen LogP contribution in [0.1, 0.15) is 12.5 Å². The van der Waals surface area contributed by atoms with Gasteiger partial charge in [-0.2, -0.15) is 0 Å². The number of carbonyl (C=O) groups excluding carboxylic acids is 1. The van der Waals surface area contributed by atoms with Gasteiger partial charge < -0.3 is 14.5 Å². The SMILES string of the molecule is CCc1ccc2oc(-c3ccc(NC(=O)COc4ccccc4Cl)cc3)nc2c1. The Balaban J connectivity index is 1.41. The molecule has 0 bridgehead atoms. The van der Waals surface area contributed by atoms with Gasteiger partial charge in [-0.3, -0.25) is 4.79 Å². The summed E-state index contributed by atoms with van der Waals surface area (Å²) in [6, 6.07) is 20.4. The van der Waals surface area contributed by atoms with Crippen LogP contribution >= 0.6 is 11.6 Å². The fourth-order valence-corrected chi connectivity index (χ4v) is 3.10. The summed E-state index contributed by atoms with van der Waals surface area (Å²) in [6.45, 7) is 1.98. The van der Waals surface area contributed by atoms with Gasteiger partial charge >= 0.3 is 0 Å². The number of aromatic nitrogens is 1. The lowest BCUT2D eigenvalue weighted by Gasteiger charge is -2.08. The van der Waals surface area contributed by atoms with Crippen LogP contribution in [0.2, 0.25) is 5.02 Å². The maximum absolute atomic E-state index is 12.1. The van der Waals surface area contributed by atoms with E-state index in [0.29, 0.717) is 22.4 Å². The predicted molar refractivity (Wildman–Crippen MR) is 114 cm³/mol. The summed E-state index contributed by atoms with van der Waals surface area (Å²) in [5.41, 5.74) is 4.31. The number of hydrogen-bond acceptors (Lipinski definition) is 4. The molecule has 1 amide bonds. The van der Waals surface area contributed by atoms with E-state index < -0.39 is 0 Å². The molecule has 4 aromatic rings. The molecule has 0 saturated heterocycles. The van der Waals surface area contributed by atoms with Crippen LogP contribution in [-0.4, -0.2) is 17.5 Å². The van der Waals surface area contributed by atoms with Crippen LogP contribution in [0.3, 0.4) is 0 Å². The minimum absolute atomic E-state index is 0.129. The Morgan fingerprint density at radius 3 is 2.66 bits per heavy atom. The van der Waals surface area contributed by atoms with Crippen molar-refractivity contribution in [2.45, 2.75) is 13.3 Å². The van der Waals surface area contributed by atoms with E-state index in [1.807, 2.05) is 30.3 Å². The monoisotopic (exact) mass is 406 g/mol. The first-order valence-corrected chi connectivity index (χ1v) is 9.67. The number of anilines is 1. The van der Waals surface area contributed by atoms with Gasteiger partial charge in [0.15, 0.2) is 12.2 Å². The van der Waals surface area contributed by atoms with Gasteiger partial charge in [-0.15, -0.1) is 0 Å². The average molecular weight is 407 g/mol. The third-order valence-electron chi connectivity index (χ3n) is 4.47. The molecule has 0 radical (unpaired) electrons. The van der Waals surface area contributed by atoms with E-state index in [0.717, 1.165) is 23.1 Å². The molecule has 0 aliphatic heterocycles. The van der Waals surface area contributed by atoms with E-state index in [-0.39, 0.29) is 12.5 Å². The van der Waals surface area contributed by atoms with Crippen molar-refractivity contribution in [1.82, 2.24) is 4.98 Å². The molecule has 0 spiro atoms. The highest BCUT2D eigenvalue weighted by atomic mass is 35.5. The largest absolute Gasteiger partial charge is 0.482 e. The van der Waals surface area contributed by atoms with Gasteiger partial charge in [0.1, 0.15) is 11.3 Å². The molecule has 1 N–H and O–H groups in total. The number of nitrogens with zero attached hydrogens (tertiary/aromatic N) is 1. The second-order valence-electron chi connectivity index (χ2n) is 6.52. The van der Waals surface area contributed by atoms with Crippen LogP contribution in [0.4, 0.5) is 5.69 Å². The summed E-state index contributed by atoms with van der Waals surface area (Å²) in [7, 11) is 0. The molecule has 1 heterocycles. The zero-order chi connectivity index (χ0) is 20.2. The zero-order valence-electron chi connectivity index (χ0n) is 15.8. The van der Waals surface area contributed by atoms with Crippen molar-refractivity contribution in [2.24, 2.45) is 0 Å². The fourth-order valence-electron chi connectivity index (χ4n) is 2.91. The molecule has 0 aliphatic carbocycles. The number of benzene rings is 3. The Morgan fingerprint density at radius 1 is 1.10 bits per heavy atom. The first kappa shape index (κ1) is 19.0. The summed E-state index contributed by atoms with van der Waals surface area (Å²) in [5.74, 6) is 0.752. The molecule has 146 valence electrons. The van der Waals surface area contributed by atoms with Crippen molar-refractivity contribution < 1.29 is 13.9 Å². The molecule has 29 heavy (non-hydrogen) atoms. The quantitative estimate of drug-likeness (QED) is 0.444. The van der Waals surface area contributed by atoms with Crippen LogP contribution in [-0.2, 0) is 11.2 Å². The van der Waals surface area contributed by atoms with E-state index in [1.54, 1.807) is 36.4 Å². The first-order valence-electron chi connectivity index (χ1n) is 9.29. The predicted octanol–water partition coefficient (Wildman–Crippen LogP) is 5.73. The van der Waals surface area contributed by atoms with Gasteiger partial charge in [-0.05, 0) is 60.5 Å². The number of aryl methyl sites for hydroxylation is 1. The molecule has 0 aliphatic rings. The second kappa shape index (κ2) is 8.37. The zero-order valence-corrected chi connectivity index (χ0v) is 16.6. The van der Waals surface area contributed by atoms with Crippen molar-refractivity contribution in [3.05, 3.63) is 77.3 Å². The number of rotatable bonds is 6. The van der Waals surface area contributed by atoms with Crippen LogP contribution in [0.15, 0.2) is 71.1 Å². The number of fused-ring (bicyclic) bond motifs is 1. The highest BCUT2D eigenvalue weighted by Crippen LogP contribution is 2.26. The highest BCUT2D eigenvalue weighted by molar-refractivity contribution is 6.32. The lowest BCUT2D eigenvalue weighted by atomic mass is 10.1. The first-order chi connectivity index (χ1) is 14.1. The Morgan fingerprint density at radius 2 is 1.90 bits per heavy atom. The number of carbonyl (C=O) groups is 1. The van der Waals surface area contributed by atoms with Crippen molar-refractivity contribution in [3.8, 4) is 17.2 Å². The molecule has 3 aromatic carbocycles. The molecule has 6 heteroatoms. The number of nitrogens with one attached hydrogen (secondary N) is 1. The smallest absolute Gasteiger partial charge is 0.262 e. The summed E-state index contributed by atoms with van der Waals surface area (Å²) >= 11 is 6.02. The summed E-state index contributed by atoms with van der Waals surface area (Å²) in [5, 5.41) is 3.26. The van der Waals surface area contributed by atoms with Crippen molar-refractivity contribution in [3.63, 3.8) is 0 Å². The Kier molecular flexibility index (Phi) is 5.49. The van der Waals surface area contributed by atoms with Crippen LogP contribution < -0.4 is 10.1 Å². The van der Waals surface area contributed by atoms with Gasteiger partial charge in [0.25, 0.3) is 5.91 Å². The molecule has 0 atom stereocenters. The normalized spacial score (nSPS) is 10.8. The minimum Gasteiger partial charge on any atom is -0.482 e. The topological polar surface area (TPSA) is 64.4 Å². The molecule has 5 nitrogen and oxygen atoms in total. The minimum atomic E-state index is -0.272. The number of halogens is 1. The Bertz CT molecular complexity index is 1150. The van der Waals surface area contributed by atoms with E-state index in [2.05, 4.69) is 17.2 Å². The lowest BCUT2D eigenvalue weighted by Crippen LogP contribution is -2.20. The van der Waals surface area contributed by atoms with Gasteiger partial charge in [-0.1, -0.05) is 36.7 Å². The van der Waals surface area contributed by atoms with Gasteiger partial charge in [0.05, 0.1) is 5.02 Å². The van der Waals surface area contributed by atoms with E-state index >= 15 is 0 Å². The van der Waals surface area contributed by atoms with E-state index in [1.165, 1.54) is 5.56 Å². The van der Waals surface area contributed by atoms with Crippen LogP contribution in [0.5, 0.6) is 5.75 Å². The number of para-hydroxylation sites is 1. The fraction of sp³-hybridized carbons (Fsp3) is 0.130. The number of amides is 1. The second-order valence-corrected chi connectivity index (χ2v) is 6.93. The molecular weight excluding hydrogens is 388 g/mol. The molecule has 0 unspecified atom stereocenters. The number of ether oxygens (including phenoxy) is 1. The maximum atomic E-state index is 12.1. The molecular formula is C23H19ClN2O3. The lowest BCUT2D eigenvalue weighted by molar-refractivity contribution is -0.118. The van der Waals surface area contributed by atoms with Crippen LogP contribution in [0, 0.1) is 0 Å². The molecule has 1 aromatic heterocycles. The summed E-state index contributed by atoms with van der Waals surface area (Å²) < 4.78 is 11.3. The summed E-state index contributed by atoms with van der Waals surface area (Å²) in [6.07, 6.45) is 0.951. The van der Waals surface area contributed by atoms with Gasteiger partial charge in [0.2, 0.25) is 5.89 Å². The van der Waals surface area contributed by atoms with E-state index in [4.69, 9.17) is 20.8 Å². The van der Waals surface area contributed by atoms with E-state index in [9.17, 15) is 4.79 Å². The van der Waals surface area contributed by atoms with Crippen molar-refractivity contribution >= 4 is 34.3 Å². The summed E-state index contributed by atoms with van der Waals surface area (Å²) in [4.78, 5) is 16.7. The third kappa shape index (κ3) is 4.41. The van der Waals surface area contributed by atoms with Gasteiger partial charge in [-0.25, -0.2) is 4.98 Å². The standard InChI is InChI=1S/C23H19ClN2O3/c1-2-15-7-12-21-19(13-15)26-23(29-21)16-8-10-17(11-9-16)25-22(27)14-28-20-6-4-3-5-18(20)24/h3-13H,2,14H2,1H3,(H,25,27). The van der Waals surface area contributed by atoms with Crippen LogP contribution in [0.25, 0.3) is 22.6 Å². The Labute approximate surface area is 173 Å². The molecule has 0 saturated carbocycles. The Hall–Kier alpha value is -3.31. The maximum Gasteiger partial charge on any atom is 0.262 e. The van der Waals surface area contributed by atoms with Crippen molar-refractivity contribution in [2.75, 3.05) is 11.9 Å². The number of hydrogen-bond donors (Lipinski definition) is 1. The third-order valence-corrected chi connectivity index (χ3v) is 4.78. The molecule has 0 fully saturated rings. The van der Waals surface area contributed by atoms with Gasteiger partial charge in [0, 0.05) is 11.3 Å². The van der Waals surface area contributed by atoms with Crippen molar-refractivity contribution in [1.29, 1.82) is 0 Å². The molecule has 4 rings (SSSR count). The average Bonchev–Trinajstić information content (AvgIpc) is 3.17. The highest BCUT2D eigenvalue weighted by Gasteiger charge is 2.10.